The Bertz CT molecular complexity index is 395. The first-order valence-electron chi connectivity index (χ1n) is 6.51. The summed E-state index contributed by atoms with van der Waals surface area (Å²) in [7, 11) is 0. The molecule has 2 aliphatic heterocycles. The Balaban J connectivity index is 1.78. The molecule has 3 rings (SSSR count). The van der Waals surface area contributed by atoms with Gasteiger partial charge in [0.1, 0.15) is 0 Å². The SMILES string of the molecule is Brc1nc(CN2CCNCC2)c2n1CCCC2. The van der Waals surface area contributed by atoms with Gasteiger partial charge in [0.2, 0.25) is 0 Å². The van der Waals surface area contributed by atoms with E-state index in [-0.39, 0.29) is 0 Å². The van der Waals surface area contributed by atoms with Crippen molar-refractivity contribution in [2.24, 2.45) is 0 Å². The maximum absolute atomic E-state index is 4.70. The van der Waals surface area contributed by atoms with Crippen LogP contribution in [0.5, 0.6) is 0 Å². The predicted octanol–water partition coefficient (Wildman–Crippen LogP) is 1.39. The van der Waals surface area contributed by atoms with Crippen molar-refractivity contribution in [2.45, 2.75) is 32.4 Å². The van der Waals surface area contributed by atoms with E-state index in [9.17, 15) is 0 Å². The molecular formula is C12H19BrN4. The molecule has 0 aromatic carbocycles. The van der Waals surface area contributed by atoms with Crippen LogP contribution in [-0.4, -0.2) is 40.6 Å². The van der Waals surface area contributed by atoms with E-state index in [0.29, 0.717) is 0 Å². The fourth-order valence-corrected chi connectivity index (χ4v) is 3.39. The summed E-state index contributed by atoms with van der Waals surface area (Å²) >= 11 is 3.59. The molecule has 1 aromatic heterocycles. The van der Waals surface area contributed by atoms with E-state index < -0.39 is 0 Å². The van der Waals surface area contributed by atoms with Crippen LogP contribution in [0, 0.1) is 0 Å². The molecule has 1 aromatic rings. The van der Waals surface area contributed by atoms with Gasteiger partial charge in [-0.3, -0.25) is 4.90 Å². The van der Waals surface area contributed by atoms with Gasteiger partial charge in [0, 0.05) is 45.0 Å². The molecule has 1 N–H and O–H groups in total. The summed E-state index contributed by atoms with van der Waals surface area (Å²) in [5.41, 5.74) is 2.75. The number of hydrogen-bond acceptors (Lipinski definition) is 3. The first kappa shape index (κ1) is 11.7. The smallest absolute Gasteiger partial charge is 0.177 e. The molecule has 17 heavy (non-hydrogen) atoms. The van der Waals surface area contributed by atoms with Crippen molar-refractivity contribution in [2.75, 3.05) is 26.2 Å². The van der Waals surface area contributed by atoms with Crippen molar-refractivity contribution in [1.29, 1.82) is 0 Å². The van der Waals surface area contributed by atoms with Crippen molar-refractivity contribution in [1.82, 2.24) is 19.8 Å². The number of hydrogen-bond donors (Lipinski definition) is 1. The lowest BCUT2D eigenvalue weighted by atomic mass is 10.1. The van der Waals surface area contributed by atoms with E-state index in [1.165, 1.54) is 30.7 Å². The second-order valence-corrected chi connectivity index (χ2v) is 5.62. The fraction of sp³-hybridized carbons (Fsp3) is 0.750. The third-order valence-electron chi connectivity index (χ3n) is 3.74. The molecule has 3 heterocycles. The van der Waals surface area contributed by atoms with Gasteiger partial charge in [0.15, 0.2) is 4.73 Å². The van der Waals surface area contributed by atoms with Crippen LogP contribution < -0.4 is 5.32 Å². The monoisotopic (exact) mass is 298 g/mol. The zero-order valence-corrected chi connectivity index (χ0v) is 11.7. The summed E-state index contributed by atoms with van der Waals surface area (Å²) in [5, 5.41) is 3.39. The Morgan fingerprint density at radius 3 is 2.82 bits per heavy atom. The zero-order valence-electron chi connectivity index (χ0n) is 10.1. The molecular weight excluding hydrogens is 280 g/mol. The van der Waals surface area contributed by atoms with Crippen molar-refractivity contribution >= 4 is 15.9 Å². The van der Waals surface area contributed by atoms with Gasteiger partial charge in [-0.15, -0.1) is 0 Å². The Hall–Kier alpha value is -0.390. The lowest BCUT2D eigenvalue weighted by molar-refractivity contribution is 0.230. The molecule has 2 aliphatic rings. The Kier molecular flexibility index (Phi) is 3.49. The average molecular weight is 299 g/mol. The number of aromatic nitrogens is 2. The summed E-state index contributed by atoms with van der Waals surface area (Å²) in [6.07, 6.45) is 3.79. The Morgan fingerprint density at radius 2 is 2.00 bits per heavy atom. The highest BCUT2D eigenvalue weighted by Crippen LogP contribution is 2.24. The molecule has 0 spiro atoms. The summed E-state index contributed by atoms with van der Waals surface area (Å²) in [4.78, 5) is 7.20. The molecule has 1 saturated heterocycles. The minimum Gasteiger partial charge on any atom is -0.322 e. The molecule has 94 valence electrons. The van der Waals surface area contributed by atoms with E-state index >= 15 is 0 Å². The average Bonchev–Trinajstić information content (AvgIpc) is 2.69. The van der Waals surface area contributed by atoms with Gasteiger partial charge >= 0.3 is 0 Å². The maximum atomic E-state index is 4.70. The normalized spacial score (nSPS) is 21.5. The zero-order chi connectivity index (χ0) is 11.7. The van der Waals surface area contributed by atoms with Crippen molar-refractivity contribution < 1.29 is 0 Å². The highest BCUT2D eigenvalue weighted by atomic mass is 79.9. The molecule has 0 atom stereocenters. The molecule has 1 fully saturated rings. The van der Waals surface area contributed by atoms with Crippen LogP contribution in [0.4, 0.5) is 0 Å². The minimum absolute atomic E-state index is 1.02. The molecule has 0 aliphatic carbocycles. The van der Waals surface area contributed by atoms with Gasteiger partial charge in [-0.05, 0) is 35.2 Å². The van der Waals surface area contributed by atoms with Gasteiger partial charge in [0.05, 0.1) is 5.69 Å². The van der Waals surface area contributed by atoms with E-state index in [1.807, 2.05) is 0 Å². The van der Waals surface area contributed by atoms with Crippen LogP contribution in [-0.2, 0) is 19.5 Å². The second kappa shape index (κ2) is 5.08. The molecule has 0 bridgehead atoms. The molecule has 5 heteroatoms. The van der Waals surface area contributed by atoms with Crippen molar-refractivity contribution in [3.05, 3.63) is 16.1 Å². The van der Waals surface area contributed by atoms with E-state index in [4.69, 9.17) is 4.98 Å². The number of fused-ring (bicyclic) bond motifs is 1. The van der Waals surface area contributed by atoms with Crippen molar-refractivity contribution in [3.8, 4) is 0 Å². The van der Waals surface area contributed by atoms with Crippen LogP contribution in [0.1, 0.15) is 24.2 Å². The fourth-order valence-electron chi connectivity index (χ4n) is 2.78. The Labute approximate surface area is 111 Å². The van der Waals surface area contributed by atoms with Crippen LogP contribution in [0.15, 0.2) is 4.73 Å². The summed E-state index contributed by atoms with van der Waals surface area (Å²) in [6, 6.07) is 0. The first-order valence-corrected chi connectivity index (χ1v) is 7.31. The van der Waals surface area contributed by atoms with E-state index in [1.54, 1.807) is 0 Å². The third kappa shape index (κ3) is 2.41. The van der Waals surface area contributed by atoms with E-state index in [2.05, 4.69) is 30.7 Å². The second-order valence-electron chi connectivity index (χ2n) is 4.91. The molecule has 4 nitrogen and oxygen atoms in total. The molecule has 0 radical (unpaired) electrons. The van der Waals surface area contributed by atoms with Gasteiger partial charge in [-0.2, -0.15) is 0 Å². The Morgan fingerprint density at radius 1 is 1.18 bits per heavy atom. The minimum atomic E-state index is 1.02. The van der Waals surface area contributed by atoms with Gasteiger partial charge in [0.25, 0.3) is 0 Å². The van der Waals surface area contributed by atoms with Gasteiger partial charge in [-0.1, -0.05) is 0 Å². The van der Waals surface area contributed by atoms with Crippen LogP contribution in [0.25, 0.3) is 0 Å². The standard InChI is InChI=1S/C12H19BrN4/c13-12-15-10(9-16-7-4-14-5-8-16)11-3-1-2-6-17(11)12/h14H,1-9H2. The third-order valence-corrected chi connectivity index (χ3v) is 4.34. The lowest BCUT2D eigenvalue weighted by Gasteiger charge is -2.27. The highest BCUT2D eigenvalue weighted by molar-refractivity contribution is 9.10. The number of piperazine rings is 1. The number of halogens is 1. The topological polar surface area (TPSA) is 33.1 Å². The molecule has 0 unspecified atom stereocenters. The number of nitrogens with one attached hydrogen (secondary N) is 1. The van der Waals surface area contributed by atoms with E-state index in [0.717, 1.165) is 44.0 Å². The predicted molar refractivity (Wildman–Crippen MR) is 71.0 cm³/mol. The highest BCUT2D eigenvalue weighted by Gasteiger charge is 2.20. The van der Waals surface area contributed by atoms with Crippen LogP contribution >= 0.6 is 15.9 Å². The van der Waals surface area contributed by atoms with Crippen LogP contribution in [0.3, 0.4) is 0 Å². The number of nitrogens with zero attached hydrogens (tertiary/aromatic N) is 3. The lowest BCUT2D eigenvalue weighted by Crippen LogP contribution is -2.43. The van der Waals surface area contributed by atoms with Crippen molar-refractivity contribution in [3.63, 3.8) is 0 Å². The van der Waals surface area contributed by atoms with Crippen LogP contribution in [0.2, 0.25) is 0 Å². The summed E-state index contributed by atoms with van der Waals surface area (Å²) in [6.45, 7) is 6.65. The first-order chi connectivity index (χ1) is 8.34. The molecule has 0 amide bonds. The number of rotatable bonds is 2. The maximum Gasteiger partial charge on any atom is 0.177 e. The number of imidazole rings is 1. The summed E-state index contributed by atoms with van der Waals surface area (Å²) in [5.74, 6) is 0. The largest absolute Gasteiger partial charge is 0.322 e. The molecule has 0 saturated carbocycles. The summed E-state index contributed by atoms with van der Waals surface area (Å²) < 4.78 is 3.37. The quantitative estimate of drug-likeness (QED) is 0.896. The van der Waals surface area contributed by atoms with Gasteiger partial charge < -0.3 is 9.88 Å². The van der Waals surface area contributed by atoms with Gasteiger partial charge in [-0.25, -0.2) is 4.98 Å².